The van der Waals surface area contributed by atoms with E-state index in [1.54, 1.807) is 36.0 Å². The topological polar surface area (TPSA) is 66.0 Å². The van der Waals surface area contributed by atoms with Gasteiger partial charge in [0.05, 0.1) is 12.3 Å². The van der Waals surface area contributed by atoms with E-state index < -0.39 is 6.09 Å². The van der Waals surface area contributed by atoms with E-state index in [0.29, 0.717) is 18.8 Å². The van der Waals surface area contributed by atoms with Crippen LogP contribution >= 0.6 is 0 Å². The Morgan fingerprint density at radius 2 is 2.27 bits per heavy atom. The van der Waals surface area contributed by atoms with Crippen molar-refractivity contribution >= 4 is 11.8 Å². The quantitative estimate of drug-likeness (QED) is 0.752. The van der Waals surface area contributed by atoms with Gasteiger partial charge in [-0.25, -0.2) is 4.79 Å². The number of carbonyl (C=O) groups is 1. The fraction of sp³-hybridized carbons (Fsp3) is 0.300. The van der Waals surface area contributed by atoms with E-state index in [4.69, 9.17) is 10.00 Å². The molecule has 0 aliphatic heterocycles. The lowest BCUT2D eigenvalue weighted by Crippen LogP contribution is -2.31. The number of rotatable bonds is 3. The van der Waals surface area contributed by atoms with Gasteiger partial charge in [-0.1, -0.05) is 0 Å². The van der Waals surface area contributed by atoms with Crippen molar-refractivity contribution in [3.63, 3.8) is 0 Å². The highest BCUT2D eigenvalue weighted by Gasteiger charge is 2.03. The number of hydrogen-bond donors (Lipinski definition) is 1. The third-order valence-corrected chi connectivity index (χ3v) is 1.67. The van der Waals surface area contributed by atoms with Crippen LogP contribution in [0.25, 0.3) is 0 Å². The molecule has 5 nitrogen and oxygen atoms in total. The van der Waals surface area contributed by atoms with Crippen molar-refractivity contribution in [3.8, 4) is 6.07 Å². The highest BCUT2D eigenvalue weighted by atomic mass is 16.5. The fourth-order valence-corrected chi connectivity index (χ4v) is 1.01. The second kappa shape index (κ2) is 5.60. The highest BCUT2D eigenvalue weighted by molar-refractivity contribution is 5.84. The number of carbonyl (C=O) groups excluding carboxylic acids is 1. The van der Waals surface area contributed by atoms with Crippen LogP contribution in [0.3, 0.4) is 0 Å². The van der Waals surface area contributed by atoms with Gasteiger partial charge in [-0.05, 0) is 6.92 Å². The molecule has 0 bridgehead atoms. The summed E-state index contributed by atoms with van der Waals surface area (Å²) in [7, 11) is 0. The molecule has 0 unspecified atom stereocenters. The second-order valence-electron chi connectivity index (χ2n) is 2.76. The summed E-state index contributed by atoms with van der Waals surface area (Å²) in [4.78, 5) is 11.0. The number of nitriles is 1. The maximum absolute atomic E-state index is 11.0. The monoisotopic (exact) mass is 206 g/mol. The van der Waals surface area contributed by atoms with E-state index in [1.165, 1.54) is 0 Å². The molecular formula is C10H12N3O2+. The molecule has 0 aromatic carbocycles. The minimum Gasteiger partial charge on any atom is -0.450 e. The van der Waals surface area contributed by atoms with Crippen LogP contribution in [0, 0.1) is 11.3 Å². The molecule has 78 valence electrons. The van der Waals surface area contributed by atoms with E-state index in [9.17, 15) is 4.79 Å². The van der Waals surface area contributed by atoms with Crippen LogP contribution in [-0.4, -0.2) is 12.7 Å². The fourth-order valence-electron chi connectivity index (χ4n) is 1.01. The Morgan fingerprint density at radius 1 is 1.60 bits per heavy atom. The van der Waals surface area contributed by atoms with Gasteiger partial charge in [0.15, 0.2) is 12.4 Å². The van der Waals surface area contributed by atoms with E-state index in [1.807, 2.05) is 6.07 Å². The smallest absolute Gasteiger partial charge is 0.411 e. The molecular weight excluding hydrogens is 194 g/mol. The Hall–Kier alpha value is -2.09. The largest absolute Gasteiger partial charge is 0.450 e. The number of anilines is 1. The van der Waals surface area contributed by atoms with Gasteiger partial charge in [-0.15, -0.1) is 0 Å². The SMILES string of the molecule is CCOC(=O)Nc1cc[n+](CC#N)cc1. The molecule has 0 fully saturated rings. The molecule has 0 aliphatic carbocycles. The number of ether oxygens (including phenoxy) is 1. The number of hydrogen-bond acceptors (Lipinski definition) is 3. The third-order valence-electron chi connectivity index (χ3n) is 1.67. The molecule has 0 atom stereocenters. The van der Waals surface area contributed by atoms with Gasteiger partial charge in [0.25, 0.3) is 0 Å². The first kappa shape index (κ1) is 11.0. The van der Waals surface area contributed by atoms with E-state index >= 15 is 0 Å². The number of pyridine rings is 1. The Labute approximate surface area is 87.9 Å². The Morgan fingerprint density at radius 3 is 2.80 bits per heavy atom. The van der Waals surface area contributed by atoms with Crippen LogP contribution in [0.1, 0.15) is 6.92 Å². The van der Waals surface area contributed by atoms with Crippen LogP contribution in [-0.2, 0) is 11.3 Å². The summed E-state index contributed by atoms with van der Waals surface area (Å²) in [5, 5.41) is 11.0. The van der Waals surface area contributed by atoms with Crippen molar-refractivity contribution in [3.05, 3.63) is 24.5 Å². The second-order valence-corrected chi connectivity index (χ2v) is 2.76. The molecule has 0 saturated carbocycles. The van der Waals surface area contributed by atoms with Gasteiger partial charge in [-0.3, -0.25) is 5.32 Å². The predicted octanol–water partition coefficient (Wildman–Crippen LogP) is 1.07. The standard InChI is InChI=1S/C10H11N3O2/c1-2-15-10(14)12-9-3-6-13(7-4-9)8-5-11/h3-4,6-7H,2,8H2,1H3/p+1. The number of aromatic nitrogens is 1. The summed E-state index contributed by atoms with van der Waals surface area (Å²) >= 11 is 0. The summed E-state index contributed by atoms with van der Waals surface area (Å²) in [6.45, 7) is 2.37. The van der Waals surface area contributed by atoms with Gasteiger partial charge >= 0.3 is 6.09 Å². The van der Waals surface area contributed by atoms with Crippen LogP contribution in [0.4, 0.5) is 10.5 Å². The van der Waals surface area contributed by atoms with Crippen molar-refractivity contribution in [2.75, 3.05) is 11.9 Å². The van der Waals surface area contributed by atoms with Crippen LogP contribution in [0.5, 0.6) is 0 Å². The molecule has 1 aromatic heterocycles. The molecule has 1 amide bonds. The molecule has 5 heteroatoms. The highest BCUT2D eigenvalue weighted by Crippen LogP contribution is 2.02. The Balaban J connectivity index is 2.57. The van der Waals surface area contributed by atoms with Crippen molar-refractivity contribution in [1.82, 2.24) is 0 Å². The first-order chi connectivity index (χ1) is 7.26. The van der Waals surface area contributed by atoms with E-state index in [2.05, 4.69) is 5.32 Å². The predicted molar refractivity (Wildman–Crippen MR) is 52.9 cm³/mol. The first-order valence-corrected chi connectivity index (χ1v) is 4.56. The molecule has 1 heterocycles. The summed E-state index contributed by atoms with van der Waals surface area (Å²) in [5.74, 6) is 0. The summed E-state index contributed by atoms with van der Waals surface area (Å²) in [5.41, 5.74) is 0.641. The Bertz CT molecular complexity index is 367. The maximum atomic E-state index is 11.0. The zero-order chi connectivity index (χ0) is 11.1. The van der Waals surface area contributed by atoms with Gasteiger partial charge in [0.2, 0.25) is 6.54 Å². The van der Waals surface area contributed by atoms with Gasteiger partial charge in [0, 0.05) is 12.1 Å². The minimum atomic E-state index is -0.476. The molecule has 15 heavy (non-hydrogen) atoms. The summed E-state index contributed by atoms with van der Waals surface area (Å²) in [6.07, 6.45) is 2.95. The lowest BCUT2D eigenvalue weighted by atomic mass is 10.4. The molecule has 1 N–H and O–H groups in total. The lowest BCUT2D eigenvalue weighted by molar-refractivity contribution is -0.685. The number of amides is 1. The van der Waals surface area contributed by atoms with Gasteiger partial charge in [0.1, 0.15) is 6.07 Å². The molecule has 0 spiro atoms. The van der Waals surface area contributed by atoms with Crippen molar-refractivity contribution < 1.29 is 14.1 Å². The van der Waals surface area contributed by atoms with Crippen molar-refractivity contribution in [2.24, 2.45) is 0 Å². The van der Waals surface area contributed by atoms with Gasteiger partial charge < -0.3 is 4.74 Å². The van der Waals surface area contributed by atoms with E-state index in [-0.39, 0.29) is 0 Å². The number of nitrogens with one attached hydrogen (secondary N) is 1. The average molecular weight is 206 g/mol. The molecule has 1 rings (SSSR count). The van der Waals surface area contributed by atoms with E-state index in [0.717, 1.165) is 0 Å². The van der Waals surface area contributed by atoms with Crippen LogP contribution in [0.2, 0.25) is 0 Å². The maximum Gasteiger partial charge on any atom is 0.411 e. The molecule has 0 radical (unpaired) electrons. The number of nitrogens with zero attached hydrogens (tertiary/aromatic N) is 2. The zero-order valence-electron chi connectivity index (χ0n) is 8.43. The van der Waals surface area contributed by atoms with Crippen molar-refractivity contribution in [1.29, 1.82) is 5.26 Å². The zero-order valence-corrected chi connectivity index (χ0v) is 8.43. The molecule has 0 aliphatic rings. The third kappa shape index (κ3) is 3.65. The normalized spacial score (nSPS) is 9.07. The average Bonchev–Trinajstić information content (AvgIpc) is 2.22. The lowest BCUT2D eigenvalue weighted by Gasteiger charge is -2.03. The first-order valence-electron chi connectivity index (χ1n) is 4.56. The van der Waals surface area contributed by atoms with Gasteiger partial charge in [-0.2, -0.15) is 9.83 Å². The van der Waals surface area contributed by atoms with Crippen LogP contribution in [0.15, 0.2) is 24.5 Å². The van der Waals surface area contributed by atoms with Crippen molar-refractivity contribution in [2.45, 2.75) is 13.5 Å². The molecule has 0 saturated heterocycles. The summed E-state index contributed by atoms with van der Waals surface area (Å²) in [6, 6.07) is 5.42. The Kier molecular flexibility index (Phi) is 4.10. The summed E-state index contributed by atoms with van der Waals surface area (Å²) < 4.78 is 6.42. The minimum absolute atomic E-state index is 0.291. The van der Waals surface area contributed by atoms with Crippen LogP contribution < -0.4 is 9.88 Å². The molecule has 1 aromatic rings.